The fourth-order valence-electron chi connectivity index (χ4n) is 1.93. The second-order valence-electron chi connectivity index (χ2n) is 4.56. The predicted octanol–water partition coefficient (Wildman–Crippen LogP) is 4.02. The largest absolute Gasteiger partial charge is 0.373 e. The molecule has 1 atom stereocenters. The molecular formula is C16H18O2S. The SMILES string of the molecule is CC(=O)SCC(C)OCc1cccc2ccccc12. The van der Waals surface area contributed by atoms with Gasteiger partial charge in [-0.1, -0.05) is 54.2 Å². The Morgan fingerprint density at radius 2 is 1.95 bits per heavy atom. The fraction of sp³-hybridized carbons (Fsp3) is 0.312. The Labute approximate surface area is 118 Å². The van der Waals surface area contributed by atoms with E-state index in [0.717, 1.165) is 0 Å². The Hall–Kier alpha value is -1.32. The van der Waals surface area contributed by atoms with Crippen LogP contribution in [-0.2, 0) is 16.1 Å². The molecule has 0 aliphatic heterocycles. The Morgan fingerprint density at radius 3 is 2.74 bits per heavy atom. The van der Waals surface area contributed by atoms with Crippen molar-refractivity contribution in [2.75, 3.05) is 5.75 Å². The molecule has 0 aromatic heterocycles. The molecule has 0 radical (unpaired) electrons. The molecule has 0 saturated carbocycles. The third-order valence-electron chi connectivity index (χ3n) is 2.92. The van der Waals surface area contributed by atoms with Crippen molar-refractivity contribution in [3.63, 3.8) is 0 Å². The van der Waals surface area contributed by atoms with Crippen molar-refractivity contribution in [2.45, 2.75) is 26.6 Å². The number of thioether (sulfide) groups is 1. The Bertz CT molecular complexity index is 560. The van der Waals surface area contributed by atoms with Gasteiger partial charge in [-0.25, -0.2) is 0 Å². The van der Waals surface area contributed by atoms with Crippen LogP contribution in [-0.4, -0.2) is 17.0 Å². The first-order chi connectivity index (χ1) is 9.16. The molecule has 2 rings (SSSR count). The summed E-state index contributed by atoms with van der Waals surface area (Å²) >= 11 is 1.31. The Morgan fingerprint density at radius 1 is 1.21 bits per heavy atom. The second kappa shape index (κ2) is 6.73. The zero-order chi connectivity index (χ0) is 13.7. The summed E-state index contributed by atoms with van der Waals surface area (Å²) in [6.45, 7) is 4.17. The standard InChI is InChI=1S/C16H18O2S/c1-12(11-19-13(2)17)18-10-15-8-5-7-14-6-3-4-9-16(14)15/h3-9,12H,10-11H2,1-2H3. The van der Waals surface area contributed by atoms with E-state index in [9.17, 15) is 4.79 Å². The van der Waals surface area contributed by atoms with Crippen molar-refractivity contribution in [1.29, 1.82) is 0 Å². The molecule has 0 aliphatic rings. The van der Waals surface area contributed by atoms with Gasteiger partial charge in [0.05, 0.1) is 12.7 Å². The molecule has 2 aromatic rings. The summed E-state index contributed by atoms with van der Waals surface area (Å²) in [4.78, 5) is 10.9. The topological polar surface area (TPSA) is 26.3 Å². The van der Waals surface area contributed by atoms with Crippen LogP contribution in [0.3, 0.4) is 0 Å². The van der Waals surface area contributed by atoms with Gasteiger partial charge in [-0.05, 0) is 23.3 Å². The lowest BCUT2D eigenvalue weighted by Crippen LogP contribution is -2.12. The number of rotatable bonds is 5. The maximum Gasteiger partial charge on any atom is 0.185 e. The molecule has 0 aliphatic carbocycles. The van der Waals surface area contributed by atoms with Gasteiger partial charge in [0, 0.05) is 12.7 Å². The Kier molecular flexibility index (Phi) is 5.00. The predicted molar refractivity (Wildman–Crippen MR) is 81.3 cm³/mol. The minimum Gasteiger partial charge on any atom is -0.373 e. The molecule has 1 unspecified atom stereocenters. The number of carbonyl (C=O) groups excluding carboxylic acids is 1. The molecule has 0 fully saturated rings. The van der Waals surface area contributed by atoms with Crippen LogP contribution in [0.25, 0.3) is 10.8 Å². The number of carbonyl (C=O) groups is 1. The highest BCUT2D eigenvalue weighted by Gasteiger charge is 2.06. The molecule has 2 aromatic carbocycles. The Balaban J connectivity index is 2.00. The van der Waals surface area contributed by atoms with Gasteiger partial charge in [0.25, 0.3) is 0 Å². The summed E-state index contributed by atoms with van der Waals surface area (Å²) in [5, 5.41) is 2.60. The normalized spacial score (nSPS) is 12.5. The van der Waals surface area contributed by atoms with E-state index >= 15 is 0 Å². The fourth-order valence-corrected chi connectivity index (χ4v) is 2.50. The second-order valence-corrected chi connectivity index (χ2v) is 5.76. The summed E-state index contributed by atoms with van der Waals surface area (Å²) in [6.07, 6.45) is 0.0767. The molecule has 3 heteroatoms. The summed E-state index contributed by atoms with van der Waals surface area (Å²) in [5.41, 5.74) is 1.19. The molecule has 2 nitrogen and oxygen atoms in total. The van der Waals surface area contributed by atoms with Crippen molar-refractivity contribution in [3.8, 4) is 0 Å². The summed E-state index contributed by atoms with van der Waals surface area (Å²) in [7, 11) is 0. The van der Waals surface area contributed by atoms with Crippen molar-refractivity contribution in [1.82, 2.24) is 0 Å². The van der Waals surface area contributed by atoms with E-state index in [4.69, 9.17) is 4.74 Å². The van der Waals surface area contributed by atoms with E-state index < -0.39 is 0 Å². The lowest BCUT2D eigenvalue weighted by Gasteiger charge is -2.13. The van der Waals surface area contributed by atoms with Crippen LogP contribution >= 0.6 is 11.8 Å². The molecule has 19 heavy (non-hydrogen) atoms. The van der Waals surface area contributed by atoms with Crippen molar-refractivity contribution in [3.05, 3.63) is 48.0 Å². The molecule has 0 amide bonds. The first kappa shape index (κ1) is 14.1. The van der Waals surface area contributed by atoms with Crippen LogP contribution < -0.4 is 0 Å². The van der Waals surface area contributed by atoms with Gasteiger partial charge >= 0.3 is 0 Å². The smallest absolute Gasteiger partial charge is 0.185 e. The number of hydrogen-bond donors (Lipinski definition) is 0. The highest BCUT2D eigenvalue weighted by molar-refractivity contribution is 8.13. The highest BCUT2D eigenvalue weighted by Crippen LogP contribution is 2.20. The summed E-state index contributed by atoms with van der Waals surface area (Å²) in [6, 6.07) is 14.5. The molecule has 0 heterocycles. The van der Waals surface area contributed by atoms with Gasteiger partial charge in [0.2, 0.25) is 0 Å². The van der Waals surface area contributed by atoms with Crippen LogP contribution in [0, 0.1) is 0 Å². The van der Waals surface area contributed by atoms with Crippen molar-refractivity contribution in [2.24, 2.45) is 0 Å². The van der Waals surface area contributed by atoms with Gasteiger partial charge in [0.15, 0.2) is 5.12 Å². The van der Waals surface area contributed by atoms with Crippen LogP contribution in [0.4, 0.5) is 0 Å². The third kappa shape index (κ3) is 4.08. The lowest BCUT2D eigenvalue weighted by molar-refractivity contribution is -0.109. The first-order valence-electron chi connectivity index (χ1n) is 6.38. The van der Waals surface area contributed by atoms with Gasteiger partial charge in [-0.2, -0.15) is 0 Å². The monoisotopic (exact) mass is 274 g/mol. The number of fused-ring (bicyclic) bond motifs is 1. The van der Waals surface area contributed by atoms with Crippen LogP contribution in [0.5, 0.6) is 0 Å². The zero-order valence-corrected chi connectivity index (χ0v) is 12.1. The summed E-state index contributed by atoms with van der Waals surface area (Å²) in [5.74, 6) is 0.708. The van der Waals surface area contributed by atoms with Crippen LogP contribution in [0.15, 0.2) is 42.5 Å². The van der Waals surface area contributed by atoms with Crippen molar-refractivity contribution < 1.29 is 9.53 Å². The van der Waals surface area contributed by atoms with Gasteiger partial charge in [-0.15, -0.1) is 0 Å². The van der Waals surface area contributed by atoms with Gasteiger partial charge in [0.1, 0.15) is 0 Å². The highest BCUT2D eigenvalue weighted by atomic mass is 32.2. The zero-order valence-electron chi connectivity index (χ0n) is 11.3. The average Bonchev–Trinajstić information content (AvgIpc) is 2.42. The molecular weight excluding hydrogens is 256 g/mol. The van der Waals surface area contributed by atoms with E-state index in [1.807, 2.05) is 19.1 Å². The van der Waals surface area contributed by atoms with E-state index in [0.29, 0.717) is 12.4 Å². The maximum absolute atomic E-state index is 10.9. The van der Waals surface area contributed by atoms with E-state index in [1.54, 1.807) is 6.92 Å². The third-order valence-corrected chi connectivity index (χ3v) is 3.97. The quantitative estimate of drug-likeness (QED) is 0.823. The molecule has 0 saturated heterocycles. The van der Waals surface area contributed by atoms with E-state index in [-0.39, 0.29) is 11.2 Å². The van der Waals surface area contributed by atoms with Crippen LogP contribution in [0.2, 0.25) is 0 Å². The number of hydrogen-bond acceptors (Lipinski definition) is 3. The molecule has 0 N–H and O–H groups in total. The minimum atomic E-state index is 0.0767. The number of ether oxygens (including phenoxy) is 1. The van der Waals surface area contributed by atoms with Gasteiger partial charge in [-0.3, -0.25) is 4.79 Å². The first-order valence-corrected chi connectivity index (χ1v) is 7.37. The minimum absolute atomic E-state index is 0.0767. The van der Waals surface area contributed by atoms with Crippen molar-refractivity contribution >= 4 is 27.6 Å². The van der Waals surface area contributed by atoms with Crippen LogP contribution in [0.1, 0.15) is 19.4 Å². The summed E-state index contributed by atoms with van der Waals surface area (Å²) < 4.78 is 5.81. The van der Waals surface area contributed by atoms with E-state index in [2.05, 4.69) is 30.3 Å². The maximum atomic E-state index is 10.9. The average molecular weight is 274 g/mol. The molecule has 0 bridgehead atoms. The van der Waals surface area contributed by atoms with Gasteiger partial charge < -0.3 is 4.74 Å². The molecule has 0 spiro atoms. The molecule has 100 valence electrons. The lowest BCUT2D eigenvalue weighted by atomic mass is 10.1. The van der Waals surface area contributed by atoms with E-state index in [1.165, 1.54) is 28.1 Å². The number of benzene rings is 2.